The van der Waals surface area contributed by atoms with Gasteiger partial charge < -0.3 is 5.32 Å². The van der Waals surface area contributed by atoms with Crippen molar-refractivity contribution in [2.75, 3.05) is 23.4 Å². The molecule has 0 aliphatic carbocycles. The summed E-state index contributed by atoms with van der Waals surface area (Å²) in [6.45, 7) is 4.05. The molecular formula is C12H18FNO2S. The number of hydrogen-bond acceptors (Lipinski definition) is 3. The van der Waals surface area contributed by atoms with Crippen LogP contribution in [0.5, 0.6) is 0 Å². The lowest BCUT2D eigenvalue weighted by molar-refractivity contribution is 0.583. The van der Waals surface area contributed by atoms with Crippen LogP contribution in [0.1, 0.15) is 13.8 Å². The van der Waals surface area contributed by atoms with Crippen molar-refractivity contribution >= 4 is 15.5 Å². The van der Waals surface area contributed by atoms with Crippen molar-refractivity contribution in [1.82, 2.24) is 0 Å². The van der Waals surface area contributed by atoms with Gasteiger partial charge in [-0.2, -0.15) is 0 Å². The fourth-order valence-electron chi connectivity index (χ4n) is 1.54. The Morgan fingerprint density at radius 1 is 1.35 bits per heavy atom. The van der Waals surface area contributed by atoms with Gasteiger partial charge in [-0.25, -0.2) is 12.8 Å². The summed E-state index contributed by atoms with van der Waals surface area (Å²) in [6, 6.07) is 5.98. The average molecular weight is 259 g/mol. The largest absolute Gasteiger partial charge is 0.384 e. The van der Waals surface area contributed by atoms with Crippen molar-refractivity contribution in [3.05, 3.63) is 30.1 Å². The smallest absolute Gasteiger partial charge is 0.152 e. The molecule has 17 heavy (non-hydrogen) atoms. The van der Waals surface area contributed by atoms with Gasteiger partial charge in [0.05, 0.1) is 11.5 Å². The maximum absolute atomic E-state index is 12.8. The molecule has 1 N–H and O–H groups in total. The first-order valence-electron chi connectivity index (χ1n) is 5.59. The molecule has 1 rings (SSSR count). The van der Waals surface area contributed by atoms with Gasteiger partial charge in [-0.15, -0.1) is 0 Å². The predicted octanol–water partition coefficient (Wildman–Crippen LogP) is 2.31. The molecule has 96 valence electrons. The second kappa shape index (κ2) is 6.00. The van der Waals surface area contributed by atoms with E-state index in [2.05, 4.69) is 5.32 Å². The van der Waals surface area contributed by atoms with Crippen LogP contribution >= 0.6 is 0 Å². The van der Waals surface area contributed by atoms with Gasteiger partial charge in [0.15, 0.2) is 9.84 Å². The highest BCUT2D eigenvalue weighted by Gasteiger charge is 2.12. The topological polar surface area (TPSA) is 46.2 Å². The van der Waals surface area contributed by atoms with Gasteiger partial charge in [-0.1, -0.05) is 19.9 Å². The molecule has 0 fully saturated rings. The van der Waals surface area contributed by atoms with Crippen LogP contribution in [0.25, 0.3) is 0 Å². The maximum atomic E-state index is 12.8. The van der Waals surface area contributed by atoms with E-state index in [-0.39, 0.29) is 23.2 Å². The zero-order chi connectivity index (χ0) is 12.9. The van der Waals surface area contributed by atoms with Crippen LogP contribution in [0.4, 0.5) is 10.1 Å². The molecule has 0 aromatic heterocycles. The molecule has 0 radical (unpaired) electrons. The Hall–Kier alpha value is -1.10. The van der Waals surface area contributed by atoms with E-state index in [0.717, 1.165) is 0 Å². The van der Waals surface area contributed by atoms with Gasteiger partial charge in [0, 0.05) is 12.2 Å². The summed E-state index contributed by atoms with van der Waals surface area (Å²) < 4.78 is 36.0. The van der Waals surface area contributed by atoms with E-state index >= 15 is 0 Å². The lowest BCUT2D eigenvalue weighted by atomic mass is 10.3. The summed E-state index contributed by atoms with van der Waals surface area (Å²) in [5.41, 5.74) is 0.602. The minimum absolute atomic E-state index is 0.0711. The van der Waals surface area contributed by atoms with Crippen LogP contribution in [-0.4, -0.2) is 26.5 Å². The molecule has 1 aromatic rings. The molecule has 0 unspecified atom stereocenters. The Morgan fingerprint density at radius 3 is 2.65 bits per heavy atom. The molecule has 0 spiro atoms. The first-order chi connectivity index (χ1) is 7.89. The molecule has 0 bridgehead atoms. The molecule has 0 saturated carbocycles. The van der Waals surface area contributed by atoms with Crippen LogP contribution in [-0.2, 0) is 9.84 Å². The third kappa shape index (κ3) is 5.68. The van der Waals surface area contributed by atoms with E-state index in [1.54, 1.807) is 12.1 Å². The number of nitrogens with one attached hydrogen (secondary N) is 1. The highest BCUT2D eigenvalue weighted by molar-refractivity contribution is 7.91. The fraction of sp³-hybridized carbons (Fsp3) is 0.500. The number of anilines is 1. The normalized spacial score (nSPS) is 11.8. The van der Waals surface area contributed by atoms with Gasteiger partial charge in [0.25, 0.3) is 0 Å². The van der Waals surface area contributed by atoms with E-state index < -0.39 is 9.84 Å². The second-order valence-corrected chi connectivity index (χ2v) is 6.67. The third-order valence-electron chi connectivity index (χ3n) is 2.15. The van der Waals surface area contributed by atoms with E-state index in [9.17, 15) is 12.8 Å². The maximum Gasteiger partial charge on any atom is 0.152 e. The van der Waals surface area contributed by atoms with Crippen LogP contribution in [0.15, 0.2) is 24.3 Å². The van der Waals surface area contributed by atoms with E-state index in [1.165, 1.54) is 12.1 Å². The first kappa shape index (κ1) is 14.0. The number of rotatable bonds is 6. The average Bonchev–Trinajstić information content (AvgIpc) is 2.15. The highest BCUT2D eigenvalue weighted by Crippen LogP contribution is 2.09. The molecular weight excluding hydrogens is 241 g/mol. The minimum Gasteiger partial charge on any atom is -0.384 e. The van der Waals surface area contributed by atoms with Crippen LogP contribution in [0, 0.1) is 11.7 Å². The summed E-state index contributed by atoms with van der Waals surface area (Å²) in [6.07, 6.45) is 0. The van der Waals surface area contributed by atoms with E-state index in [4.69, 9.17) is 0 Å². The molecule has 0 atom stereocenters. The number of halogens is 1. The Morgan fingerprint density at radius 2 is 2.06 bits per heavy atom. The summed E-state index contributed by atoms with van der Waals surface area (Å²) in [5, 5.41) is 2.90. The molecule has 0 heterocycles. The lowest BCUT2D eigenvalue weighted by Gasteiger charge is -2.09. The fourth-order valence-corrected chi connectivity index (χ4v) is 3.14. The first-order valence-corrected chi connectivity index (χ1v) is 7.41. The van der Waals surface area contributed by atoms with Crippen molar-refractivity contribution in [1.29, 1.82) is 0 Å². The molecule has 0 aliphatic rings. The Labute approximate surface area is 102 Å². The van der Waals surface area contributed by atoms with Crippen molar-refractivity contribution in [2.45, 2.75) is 13.8 Å². The molecule has 0 amide bonds. The van der Waals surface area contributed by atoms with Crippen molar-refractivity contribution in [3.8, 4) is 0 Å². The zero-order valence-corrected chi connectivity index (χ0v) is 10.9. The molecule has 0 aliphatic heterocycles. The summed E-state index contributed by atoms with van der Waals surface area (Å²) in [5.74, 6) is 0.0636. The van der Waals surface area contributed by atoms with Crippen LogP contribution in [0.3, 0.4) is 0 Å². The van der Waals surface area contributed by atoms with Crippen molar-refractivity contribution in [2.24, 2.45) is 5.92 Å². The van der Waals surface area contributed by atoms with E-state index in [1.807, 2.05) is 13.8 Å². The monoisotopic (exact) mass is 259 g/mol. The lowest BCUT2D eigenvalue weighted by Crippen LogP contribution is -2.20. The summed E-state index contributed by atoms with van der Waals surface area (Å²) in [4.78, 5) is 0. The van der Waals surface area contributed by atoms with Crippen LogP contribution < -0.4 is 5.32 Å². The Balaban J connectivity index is 2.43. The summed E-state index contributed by atoms with van der Waals surface area (Å²) in [7, 11) is -3.02. The van der Waals surface area contributed by atoms with Gasteiger partial charge in [-0.05, 0) is 24.1 Å². The number of benzene rings is 1. The standard InChI is InChI=1S/C12H18FNO2S/c1-10(2)9-17(15,16)7-6-14-12-5-3-4-11(13)8-12/h3-5,8,10,14H,6-7,9H2,1-2H3. The molecule has 1 aromatic carbocycles. The Kier molecular flexibility index (Phi) is 4.93. The third-order valence-corrected chi connectivity index (χ3v) is 4.15. The zero-order valence-electron chi connectivity index (χ0n) is 10.1. The van der Waals surface area contributed by atoms with Gasteiger partial charge in [-0.3, -0.25) is 0 Å². The van der Waals surface area contributed by atoms with Gasteiger partial charge in [0.1, 0.15) is 5.82 Å². The molecule has 5 heteroatoms. The molecule has 3 nitrogen and oxygen atoms in total. The second-order valence-electron chi connectivity index (χ2n) is 4.45. The Bertz CT molecular complexity index is 457. The predicted molar refractivity (Wildman–Crippen MR) is 68.4 cm³/mol. The quantitative estimate of drug-likeness (QED) is 0.852. The SMILES string of the molecule is CC(C)CS(=O)(=O)CCNc1cccc(F)c1. The minimum atomic E-state index is -3.02. The van der Waals surface area contributed by atoms with Crippen LogP contribution in [0.2, 0.25) is 0 Å². The molecule has 0 saturated heterocycles. The number of sulfone groups is 1. The highest BCUT2D eigenvalue weighted by atomic mass is 32.2. The summed E-state index contributed by atoms with van der Waals surface area (Å²) >= 11 is 0. The number of hydrogen-bond donors (Lipinski definition) is 1. The van der Waals surface area contributed by atoms with Gasteiger partial charge >= 0.3 is 0 Å². The van der Waals surface area contributed by atoms with E-state index in [0.29, 0.717) is 12.2 Å². The van der Waals surface area contributed by atoms with Crippen molar-refractivity contribution in [3.63, 3.8) is 0 Å². The van der Waals surface area contributed by atoms with Gasteiger partial charge in [0.2, 0.25) is 0 Å². The van der Waals surface area contributed by atoms with Crippen molar-refractivity contribution < 1.29 is 12.8 Å².